The molecule has 24 heavy (non-hydrogen) atoms. The molecule has 0 aliphatic carbocycles. The molecular formula is C20H19NO2S. The van der Waals surface area contributed by atoms with Crippen molar-refractivity contribution in [3.8, 4) is 5.75 Å². The van der Waals surface area contributed by atoms with E-state index >= 15 is 0 Å². The Bertz CT molecular complexity index is 767. The number of thiophene rings is 1. The number of hydrogen-bond acceptors (Lipinski definition) is 3. The molecule has 2 aromatic carbocycles. The summed E-state index contributed by atoms with van der Waals surface area (Å²) in [5.74, 6) is 0.866. The Kier molecular flexibility index (Phi) is 5.29. The number of carbonyl (C=O) groups is 1. The summed E-state index contributed by atoms with van der Waals surface area (Å²) in [6.07, 6.45) is 0.387. The van der Waals surface area contributed by atoms with Gasteiger partial charge in [-0.25, -0.2) is 0 Å². The molecule has 1 aromatic heterocycles. The highest BCUT2D eigenvalue weighted by Crippen LogP contribution is 2.23. The second-order valence-corrected chi connectivity index (χ2v) is 6.45. The fourth-order valence-corrected chi connectivity index (χ4v) is 3.20. The lowest BCUT2D eigenvalue weighted by atomic mass is 10.1. The van der Waals surface area contributed by atoms with E-state index in [1.807, 2.05) is 70.9 Å². The number of nitrogens with zero attached hydrogens (tertiary/aromatic N) is 1. The maximum atomic E-state index is 12.9. The largest absolute Gasteiger partial charge is 0.497 e. The molecule has 4 heteroatoms. The minimum absolute atomic E-state index is 0.0831. The zero-order valence-electron chi connectivity index (χ0n) is 13.5. The van der Waals surface area contributed by atoms with Gasteiger partial charge in [-0.15, -0.1) is 11.3 Å². The first kappa shape index (κ1) is 16.3. The molecule has 3 rings (SSSR count). The van der Waals surface area contributed by atoms with Gasteiger partial charge in [-0.3, -0.25) is 4.79 Å². The van der Waals surface area contributed by atoms with Crippen LogP contribution in [0.1, 0.15) is 10.4 Å². The summed E-state index contributed by atoms with van der Waals surface area (Å²) in [4.78, 5) is 15.9. The number of hydrogen-bond donors (Lipinski definition) is 0. The summed E-state index contributed by atoms with van der Waals surface area (Å²) in [7, 11) is 1.64. The highest BCUT2D eigenvalue weighted by Gasteiger charge is 2.17. The molecular weight excluding hydrogens is 318 g/mol. The summed E-state index contributed by atoms with van der Waals surface area (Å²) < 4.78 is 5.21. The van der Waals surface area contributed by atoms with Crippen molar-refractivity contribution in [3.05, 3.63) is 82.6 Å². The lowest BCUT2D eigenvalue weighted by molar-refractivity contribution is -0.118. The molecule has 122 valence electrons. The van der Waals surface area contributed by atoms with Gasteiger partial charge in [0.05, 0.1) is 20.1 Å². The molecule has 0 radical (unpaired) electrons. The minimum atomic E-state index is 0.0831. The van der Waals surface area contributed by atoms with E-state index < -0.39 is 0 Å². The third-order valence-electron chi connectivity index (χ3n) is 3.78. The summed E-state index contributed by atoms with van der Waals surface area (Å²) in [5.41, 5.74) is 1.90. The number of ether oxygens (including phenoxy) is 1. The smallest absolute Gasteiger partial charge is 0.231 e. The molecule has 1 amide bonds. The van der Waals surface area contributed by atoms with E-state index in [2.05, 4.69) is 6.07 Å². The fraction of sp³-hybridized carbons (Fsp3) is 0.150. The molecule has 3 nitrogen and oxygen atoms in total. The number of benzene rings is 2. The zero-order chi connectivity index (χ0) is 16.8. The molecule has 0 aliphatic rings. The van der Waals surface area contributed by atoms with E-state index in [0.717, 1.165) is 21.9 Å². The second-order valence-electron chi connectivity index (χ2n) is 5.42. The van der Waals surface area contributed by atoms with Crippen LogP contribution in [-0.4, -0.2) is 13.0 Å². The first-order valence-corrected chi connectivity index (χ1v) is 8.65. The molecule has 0 saturated heterocycles. The average molecular weight is 337 g/mol. The van der Waals surface area contributed by atoms with Gasteiger partial charge in [-0.1, -0.05) is 36.4 Å². The normalized spacial score (nSPS) is 10.4. The Morgan fingerprint density at radius 1 is 1.00 bits per heavy atom. The quantitative estimate of drug-likeness (QED) is 0.661. The fourth-order valence-electron chi connectivity index (χ4n) is 2.51. The van der Waals surface area contributed by atoms with Crippen molar-refractivity contribution >= 4 is 22.9 Å². The SMILES string of the molecule is COc1ccc(N(Cc2cccs2)C(=O)Cc2ccccc2)cc1. The third kappa shape index (κ3) is 4.03. The van der Waals surface area contributed by atoms with Gasteiger partial charge < -0.3 is 9.64 Å². The van der Waals surface area contributed by atoms with Gasteiger partial charge in [0, 0.05) is 10.6 Å². The summed E-state index contributed by atoms with van der Waals surface area (Å²) >= 11 is 1.66. The number of amides is 1. The Morgan fingerprint density at radius 2 is 1.75 bits per heavy atom. The van der Waals surface area contributed by atoms with E-state index in [1.54, 1.807) is 18.4 Å². The lowest BCUT2D eigenvalue weighted by Crippen LogP contribution is -2.31. The van der Waals surface area contributed by atoms with Crippen LogP contribution in [0.2, 0.25) is 0 Å². The van der Waals surface area contributed by atoms with Gasteiger partial charge in [0.2, 0.25) is 5.91 Å². The number of carbonyl (C=O) groups excluding carboxylic acids is 1. The molecule has 0 spiro atoms. The van der Waals surface area contributed by atoms with Gasteiger partial charge >= 0.3 is 0 Å². The van der Waals surface area contributed by atoms with E-state index in [-0.39, 0.29) is 5.91 Å². The molecule has 0 N–H and O–H groups in total. The van der Waals surface area contributed by atoms with Crippen LogP contribution in [0.15, 0.2) is 72.1 Å². The monoisotopic (exact) mass is 337 g/mol. The lowest BCUT2D eigenvalue weighted by Gasteiger charge is -2.23. The van der Waals surface area contributed by atoms with Gasteiger partial charge in [-0.05, 0) is 41.3 Å². The van der Waals surface area contributed by atoms with Crippen molar-refractivity contribution in [1.82, 2.24) is 0 Å². The predicted octanol–water partition coefficient (Wildman–Crippen LogP) is 4.53. The number of anilines is 1. The van der Waals surface area contributed by atoms with Crippen LogP contribution in [0.3, 0.4) is 0 Å². The van der Waals surface area contributed by atoms with Crippen LogP contribution >= 0.6 is 11.3 Å². The van der Waals surface area contributed by atoms with E-state index in [9.17, 15) is 4.79 Å². The Morgan fingerprint density at radius 3 is 2.38 bits per heavy atom. The van der Waals surface area contributed by atoms with Crippen molar-refractivity contribution < 1.29 is 9.53 Å². The van der Waals surface area contributed by atoms with E-state index in [0.29, 0.717) is 13.0 Å². The Hall–Kier alpha value is -2.59. The topological polar surface area (TPSA) is 29.5 Å². The summed E-state index contributed by atoms with van der Waals surface area (Å²) in [5, 5.41) is 2.03. The van der Waals surface area contributed by atoms with Crippen LogP contribution in [-0.2, 0) is 17.8 Å². The number of methoxy groups -OCH3 is 1. The maximum absolute atomic E-state index is 12.9. The van der Waals surface area contributed by atoms with Crippen molar-refractivity contribution in [2.75, 3.05) is 12.0 Å². The molecule has 0 bridgehead atoms. The van der Waals surface area contributed by atoms with Crippen molar-refractivity contribution in [2.24, 2.45) is 0 Å². The molecule has 0 aliphatic heterocycles. The number of rotatable bonds is 6. The van der Waals surface area contributed by atoms with Crippen molar-refractivity contribution in [3.63, 3.8) is 0 Å². The van der Waals surface area contributed by atoms with Crippen molar-refractivity contribution in [2.45, 2.75) is 13.0 Å². The third-order valence-corrected chi connectivity index (χ3v) is 4.64. The minimum Gasteiger partial charge on any atom is -0.497 e. The van der Waals surface area contributed by atoms with Crippen LogP contribution in [0.25, 0.3) is 0 Å². The Balaban J connectivity index is 1.84. The Labute approximate surface area is 146 Å². The van der Waals surface area contributed by atoms with Crippen LogP contribution < -0.4 is 9.64 Å². The maximum Gasteiger partial charge on any atom is 0.231 e. The van der Waals surface area contributed by atoms with Crippen LogP contribution in [0.5, 0.6) is 5.75 Å². The summed E-state index contributed by atoms with van der Waals surface area (Å²) in [6.45, 7) is 0.579. The van der Waals surface area contributed by atoms with Crippen molar-refractivity contribution in [1.29, 1.82) is 0 Å². The highest BCUT2D eigenvalue weighted by atomic mass is 32.1. The molecule has 1 heterocycles. The highest BCUT2D eigenvalue weighted by molar-refractivity contribution is 7.09. The zero-order valence-corrected chi connectivity index (χ0v) is 14.3. The molecule has 0 unspecified atom stereocenters. The molecule has 0 fully saturated rings. The molecule has 0 saturated carbocycles. The standard InChI is InChI=1S/C20H19NO2S/c1-23-18-11-9-17(10-12-18)21(15-19-8-5-13-24-19)20(22)14-16-6-3-2-4-7-16/h2-13H,14-15H2,1H3. The molecule has 0 atom stereocenters. The molecule has 3 aromatic rings. The first-order chi connectivity index (χ1) is 11.8. The van der Waals surface area contributed by atoms with Crippen LogP contribution in [0.4, 0.5) is 5.69 Å². The van der Waals surface area contributed by atoms with E-state index in [1.165, 1.54) is 0 Å². The average Bonchev–Trinajstić information content (AvgIpc) is 3.14. The van der Waals surface area contributed by atoms with E-state index in [4.69, 9.17) is 4.74 Å². The van der Waals surface area contributed by atoms with Gasteiger partial charge in [0.25, 0.3) is 0 Å². The first-order valence-electron chi connectivity index (χ1n) is 7.77. The van der Waals surface area contributed by atoms with Gasteiger partial charge in [0.1, 0.15) is 5.75 Å². The second kappa shape index (κ2) is 7.79. The van der Waals surface area contributed by atoms with Crippen LogP contribution in [0, 0.1) is 0 Å². The van der Waals surface area contributed by atoms with Gasteiger partial charge in [-0.2, -0.15) is 0 Å². The van der Waals surface area contributed by atoms with Gasteiger partial charge in [0.15, 0.2) is 0 Å². The summed E-state index contributed by atoms with van der Waals surface area (Å²) in [6, 6.07) is 21.5. The predicted molar refractivity (Wildman–Crippen MR) is 98.6 cm³/mol.